The molecule has 1 aromatic heterocycles. The quantitative estimate of drug-likeness (QED) is 0.633. The predicted molar refractivity (Wildman–Crippen MR) is 49.5 cm³/mol. The number of hydrogen-bond donors (Lipinski definition) is 0. The summed E-state index contributed by atoms with van der Waals surface area (Å²) in [6.45, 7) is 0. The summed E-state index contributed by atoms with van der Waals surface area (Å²) in [5.41, 5.74) is 0.374. The van der Waals surface area contributed by atoms with Crippen LogP contribution in [0, 0.1) is 5.95 Å². The van der Waals surface area contributed by atoms with Gasteiger partial charge in [-0.15, -0.1) is 0 Å². The van der Waals surface area contributed by atoms with E-state index < -0.39 is 5.95 Å². The fourth-order valence-corrected chi connectivity index (χ4v) is 1.60. The molecule has 0 radical (unpaired) electrons. The Kier molecular flexibility index (Phi) is 2.06. The van der Waals surface area contributed by atoms with Gasteiger partial charge in [-0.2, -0.15) is 4.39 Å². The third kappa shape index (κ3) is 1.45. The highest BCUT2D eigenvalue weighted by atomic mass is 35.5. The first-order valence-electron chi connectivity index (χ1n) is 3.44. The monoisotopic (exact) mass is 216 g/mol. The molecule has 66 valence electrons. The average Bonchev–Trinajstić information content (AvgIpc) is 2.07. The van der Waals surface area contributed by atoms with Crippen molar-refractivity contribution in [3.8, 4) is 0 Å². The molecule has 0 bridgehead atoms. The second-order valence-electron chi connectivity index (χ2n) is 2.45. The van der Waals surface area contributed by atoms with Crippen LogP contribution in [0.15, 0.2) is 18.5 Å². The van der Waals surface area contributed by atoms with Gasteiger partial charge in [0.05, 0.1) is 15.9 Å². The lowest BCUT2D eigenvalue weighted by Gasteiger charge is -2.00. The fourth-order valence-electron chi connectivity index (χ4n) is 1.06. The molecule has 0 spiro atoms. The van der Waals surface area contributed by atoms with E-state index in [4.69, 9.17) is 23.2 Å². The van der Waals surface area contributed by atoms with E-state index in [1.165, 1.54) is 12.1 Å². The number of aromatic nitrogens is 2. The van der Waals surface area contributed by atoms with Crippen molar-refractivity contribution >= 4 is 34.1 Å². The Bertz CT molecular complexity index is 473. The molecule has 0 unspecified atom stereocenters. The highest BCUT2D eigenvalue weighted by Gasteiger charge is 2.07. The summed E-state index contributed by atoms with van der Waals surface area (Å²) in [6.07, 6.45) is 1.12. The number of rotatable bonds is 0. The van der Waals surface area contributed by atoms with Gasteiger partial charge in [0.1, 0.15) is 6.33 Å². The van der Waals surface area contributed by atoms with Crippen LogP contribution in [0.2, 0.25) is 10.0 Å². The zero-order valence-corrected chi connectivity index (χ0v) is 7.77. The molecule has 0 saturated carbocycles. The average molecular weight is 217 g/mol. The fraction of sp³-hybridized carbons (Fsp3) is 0. The van der Waals surface area contributed by atoms with E-state index in [1.54, 1.807) is 0 Å². The Balaban J connectivity index is 2.94. The van der Waals surface area contributed by atoms with Gasteiger partial charge in [-0.25, -0.2) is 9.97 Å². The molecule has 0 N–H and O–H groups in total. The third-order valence-electron chi connectivity index (χ3n) is 1.61. The molecule has 0 aliphatic rings. The molecule has 2 nitrogen and oxygen atoms in total. The zero-order chi connectivity index (χ0) is 9.42. The van der Waals surface area contributed by atoms with E-state index in [1.807, 2.05) is 0 Å². The maximum absolute atomic E-state index is 13.1. The largest absolute Gasteiger partial charge is 0.235 e. The Labute approximate surface area is 83.3 Å². The van der Waals surface area contributed by atoms with Crippen molar-refractivity contribution in [2.24, 2.45) is 0 Å². The normalized spacial score (nSPS) is 10.7. The summed E-state index contributed by atoms with van der Waals surface area (Å²) in [6, 6.07) is 2.95. The summed E-state index contributed by atoms with van der Waals surface area (Å²) < 4.78 is 13.1. The Morgan fingerprint density at radius 3 is 2.69 bits per heavy atom. The van der Waals surface area contributed by atoms with Gasteiger partial charge in [0.25, 0.3) is 0 Å². The van der Waals surface area contributed by atoms with Crippen LogP contribution in [-0.4, -0.2) is 9.97 Å². The maximum Gasteiger partial charge on any atom is 0.223 e. The van der Waals surface area contributed by atoms with E-state index in [0.29, 0.717) is 15.6 Å². The van der Waals surface area contributed by atoms with Gasteiger partial charge < -0.3 is 0 Å². The molecule has 0 fully saturated rings. The number of fused-ring (bicyclic) bond motifs is 1. The molecule has 2 rings (SSSR count). The molecule has 13 heavy (non-hydrogen) atoms. The first-order valence-corrected chi connectivity index (χ1v) is 4.19. The highest BCUT2D eigenvalue weighted by Crippen LogP contribution is 2.26. The van der Waals surface area contributed by atoms with Crippen molar-refractivity contribution in [3.63, 3.8) is 0 Å². The van der Waals surface area contributed by atoms with Gasteiger partial charge in [0, 0.05) is 5.02 Å². The molecule has 1 heterocycles. The van der Waals surface area contributed by atoms with Crippen LogP contribution in [0.3, 0.4) is 0 Å². The van der Waals surface area contributed by atoms with Gasteiger partial charge in [-0.3, -0.25) is 0 Å². The van der Waals surface area contributed by atoms with E-state index in [2.05, 4.69) is 9.97 Å². The Morgan fingerprint density at radius 1 is 1.15 bits per heavy atom. The minimum absolute atomic E-state index is 0.236. The number of benzene rings is 1. The van der Waals surface area contributed by atoms with Crippen LogP contribution >= 0.6 is 23.2 Å². The minimum atomic E-state index is -0.616. The summed E-state index contributed by atoms with van der Waals surface area (Å²) in [5.74, 6) is -0.616. The zero-order valence-electron chi connectivity index (χ0n) is 6.26. The van der Waals surface area contributed by atoms with E-state index in [9.17, 15) is 4.39 Å². The van der Waals surface area contributed by atoms with Crippen molar-refractivity contribution in [1.82, 2.24) is 9.97 Å². The van der Waals surface area contributed by atoms with E-state index in [-0.39, 0.29) is 5.39 Å². The van der Waals surface area contributed by atoms with Crippen LogP contribution in [-0.2, 0) is 0 Å². The van der Waals surface area contributed by atoms with Crippen molar-refractivity contribution in [2.75, 3.05) is 0 Å². The smallest absolute Gasteiger partial charge is 0.223 e. The number of hydrogen-bond acceptors (Lipinski definition) is 2. The van der Waals surface area contributed by atoms with Gasteiger partial charge >= 0.3 is 0 Å². The van der Waals surface area contributed by atoms with Crippen molar-refractivity contribution in [3.05, 3.63) is 34.5 Å². The highest BCUT2D eigenvalue weighted by molar-refractivity contribution is 6.38. The topological polar surface area (TPSA) is 25.8 Å². The minimum Gasteiger partial charge on any atom is -0.235 e. The first kappa shape index (κ1) is 8.66. The summed E-state index contributed by atoms with van der Waals surface area (Å²) in [7, 11) is 0. The Hall–Kier alpha value is -0.930. The lowest BCUT2D eigenvalue weighted by Crippen LogP contribution is -1.88. The van der Waals surface area contributed by atoms with E-state index in [0.717, 1.165) is 6.33 Å². The van der Waals surface area contributed by atoms with Crippen LogP contribution in [0.5, 0.6) is 0 Å². The first-order chi connectivity index (χ1) is 6.18. The van der Waals surface area contributed by atoms with Crippen LogP contribution < -0.4 is 0 Å². The molecule has 1 aromatic carbocycles. The molecule has 0 aliphatic carbocycles. The molecular weight excluding hydrogens is 214 g/mol. The SMILES string of the molecule is Fc1ncnc2c(Cl)cc(Cl)cc12. The van der Waals surface area contributed by atoms with Crippen LogP contribution in [0.1, 0.15) is 0 Å². The van der Waals surface area contributed by atoms with Gasteiger partial charge in [-0.1, -0.05) is 23.2 Å². The number of halogens is 3. The molecule has 2 aromatic rings. The van der Waals surface area contributed by atoms with Gasteiger partial charge in [0.2, 0.25) is 5.95 Å². The van der Waals surface area contributed by atoms with Gasteiger partial charge in [-0.05, 0) is 12.1 Å². The molecular formula is C8H3Cl2FN2. The summed E-state index contributed by atoms with van der Waals surface area (Å²) in [4.78, 5) is 7.24. The van der Waals surface area contributed by atoms with Crippen molar-refractivity contribution in [2.45, 2.75) is 0 Å². The second kappa shape index (κ2) is 3.09. The lowest BCUT2D eigenvalue weighted by molar-refractivity contribution is 0.593. The van der Waals surface area contributed by atoms with Crippen molar-refractivity contribution in [1.29, 1.82) is 0 Å². The van der Waals surface area contributed by atoms with Crippen LogP contribution in [0.4, 0.5) is 4.39 Å². The van der Waals surface area contributed by atoms with E-state index >= 15 is 0 Å². The van der Waals surface area contributed by atoms with Crippen molar-refractivity contribution < 1.29 is 4.39 Å². The molecule has 0 atom stereocenters. The predicted octanol–water partition coefficient (Wildman–Crippen LogP) is 3.08. The summed E-state index contributed by atoms with van der Waals surface area (Å²) >= 11 is 11.5. The third-order valence-corrected chi connectivity index (χ3v) is 2.11. The lowest BCUT2D eigenvalue weighted by atomic mass is 10.2. The number of nitrogens with zero attached hydrogens (tertiary/aromatic N) is 2. The molecule has 0 aliphatic heterocycles. The van der Waals surface area contributed by atoms with Crippen LogP contribution in [0.25, 0.3) is 10.9 Å². The molecule has 0 amide bonds. The molecule has 0 saturated heterocycles. The standard InChI is InChI=1S/C8H3Cl2FN2/c9-4-1-5-7(6(10)2-4)12-3-13-8(5)11/h1-3H. The maximum atomic E-state index is 13.1. The second-order valence-corrected chi connectivity index (χ2v) is 3.29. The summed E-state index contributed by atoms with van der Waals surface area (Å²) in [5, 5.41) is 0.926. The molecule has 5 heteroatoms. The van der Waals surface area contributed by atoms with Gasteiger partial charge in [0.15, 0.2) is 0 Å². The Morgan fingerprint density at radius 2 is 1.92 bits per heavy atom.